The molecular weight excluding hydrogens is 240 g/mol. The molecule has 0 aromatic heterocycles. The molecular formula is C13H15F2NO2. The van der Waals surface area contributed by atoms with Gasteiger partial charge in [0.05, 0.1) is 6.61 Å². The molecule has 18 heavy (non-hydrogen) atoms. The predicted octanol–water partition coefficient (Wildman–Crippen LogP) is 3.19. The molecule has 0 fully saturated rings. The molecule has 0 saturated carbocycles. The lowest BCUT2D eigenvalue weighted by molar-refractivity contribution is -0.0939. The van der Waals surface area contributed by atoms with Gasteiger partial charge in [0.2, 0.25) is 0 Å². The number of benzene rings is 1. The van der Waals surface area contributed by atoms with Crippen LogP contribution < -0.4 is 4.74 Å². The van der Waals surface area contributed by atoms with Gasteiger partial charge in [-0.25, -0.2) is 6.57 Å². The standard InChI is InChI=1S/C13H15F2NO2/c1-3-4-9-18-11-7-5-10(6-8-11)13(14,15)12(17)16-2/h5-8,12,17H,3-4,9H2,1H3. The fourth-order valence-electron chi connectivity index (χ4n) is 1.34. The molecule has 0 aliphatic rings. The number of unbranched alkanes of at least 4 members (excludes halogenated alkanes) is 1. The summed E-state index contributed by atoms with van der Waals surface area (Å²) >= 11 is 0. The van der Waals surface area contributed by atoms with Crippen LogP contribution in [0.4, 0.5) is 8.78 Å². The number of halogens is 2. The Morgan fingerprint density at radius 3 is 2.50 bits per heavy atom. The van der Waals surface area contributed by atoms with Crippen molar-refractivity contribution >= 4 is 0 Å². The monoisotopic (exact) mass is 255 g/mol. The van der Waals surface area contributed by atoms with Crippen LogP contribution in [-0.2, 0) is 5.92 Å². The Morgan fingerprint density at radius 2 is 2.00 bits per heavy atom. The van der Waals surface area contributed by atoms with Gasteiger partial charge in [0, 0.05) is 5.56 Å². The number of nitrogens with zero attached hydrogens (tertiary/aromatic N) is 1. The van der Waals surface area contributed by atoms with Gasteiger partial charge in [0.15, 0.2) is 0 Å². The van der Waals surface area contributed by atoms with E-state index in [0.29, 0.717) is 12.4 Å². The number of ether oxygens (including phenoxy) is 1. The molecule has 0 saturated heterocycles. The van der Waals surface area contributed by atoms with Crippen LogP contribution in [0.5, 0.6) is 5.75 Å². The van der Waals surface area contributed by atoms with Crippen LogP contribution in [0.25, 0.3) is 4.85 Å². The van der Waals surface area contributed by atoms with E-state index < -0.39 is 17.7 Å². The molecule has 0 amide bonds. The van der Waals surface area contributed by atoms with Crippen LogP contribution in [0.1, 0.15) is 25.3 Å². The van der Waals surface area contributed by atoms with Gasteiger partial charge in [0.25, 0.3) is 0 Å². The highest BCUT2D eigenvalue weighted by molar-refractivity contribution is 5.30. The number of alkyl halides is 2. The van der Waals surface area contributed by atoms with Gasteiger partial charge < -0.3 is 9.84 Å². The number of hydrogen-bond donors (Lipinski definition) is 1. The molecule has 98 valence electrons. The maximum atomic E-state index is 13.5. The van der Waals surface area contributed by atoms with Gasteiger partial charge in [0.1, 0.15) is 5.75 Å². The molecule has 0 aliphatic heterocycles. The number of rotatable bonds is 6. The Bertz CT molecular complexity index is 412. The molecule has 0 aliphatic carbocycles. The summed E-state index contributed by atoms with van der Waals surface area (Å²) < 4.78 is 32.3. The average molecular weight is 255 g/mol. The summed E-state index contributed by atoms with van der Waals surface area (Å²) in [6.07, 6.45) is -0.466. The second kappa shape index (κ2) is 6.31. The van der Waals surface area contributed by atoms with Crippen LogP contribution in [0, 0.1) is 6.57 Å². The molecule has 0 heterocycles. The van der Waals surface area contributed by atoms with Crippen molar-refractivity contribution in [3.63, 3.8) is 0 Å². The van der Waals surface area contributed by atoms with E-state index in [-0.39, 0.29) is 0 Å². The summed E-state index contributed by atoms with van der Waals surface area (Å²) in [7, 11) is 0. The molecule has 0 bridgehead atoms. The Balaban J connectivity index is 2.74. The lowest BCUT2D eigenvalue weighted by Crippen LogP contribution is -2.27. The first kappa shape index (κ1) is 14.4. The van der Waals surface area contributed by atoms with Crippen LogP contribution in [0.2, 0.25) is 0 Å². The fraction of sp³-hybridized carbons (Fsp3) is 0.462. The Kier molecular flexibility index (Phi) is 5.05. The summed E-state index contributed by atoms with van der Waals surface area (Å²) in [6, 6.07) is 5.15. The van der Waals surface area contributed by atoms with Gasteiger partial charge in [-0.3, -0.25) is 4.85 Å². The second-order valence-electron chi connectivity index (χ2n) is 3.85. The van der Waals surface area contributed by atoms with E-state index in [4.69, 9.17) is 16.4 Å². The van der Waals surface area contributed by atoms with E-state index >= 15 is 0 Å². The van der Waals surface area contributed by atoms with E-state index in [9.17, 15) is 8.78 Å². The van der Waals surface area contributed by atoms with Crippen molar-refractivity contribution in [2.45, 2.75) is 31.9 Å². The summed E-state index contributed by atoms with van der Waals surface area (Å²) in [4.78, 5) is 2.44. The van der Waals surface area contributed by atoms with Crippen molar-refractivity contribution < 1.29 is 18.6 Å². The van der Waals surface area contributed by atoms with Gasteiger partial charge in [-0.05, 0) is 30.7 Å². The average Bonchev–Trinajstić information content (AvgIpc) is 2.38. The van der Waals surface area contributed by atoms with Gasteiger partial charge in [-0.2, -0.15) is 8.78 Å². The summed E-state index contributed by atoms with van der Waals surface area (Å²) in [5, 5.41) is 8.95. The molecule has 0 radical (unpaired) electrons. The van der Waals surface area contributed by atoms with Crippen LogP contribution >= 0.6 is 0 Å². The second-order valence-corrected chi connectivity index (χ2v) is 3.85. The third-order valence-electron chi connectivity index (χ3n) is 2.45. The number of aliphatic hydroxyl groups excluding tert-OH is 1. The normalized spacial score (nSPS) is 12.8. The zero-order valence-electron chi connectivity index (χ0n) is 10.1. The molecule has 1 N–H and O–H groups in total. The Morgan fingerprint density at radius 1 is 1.39 bits per heavy atom. The van der Waals surface area contributed by atoms with Crippen molar-refractivity contribution in [3.05, 3.63) is 41.2 Å². The van der Waals surface area contributed by atoms with E-state index in [1.165, 1.54) is 12.1 Å². The van der Waals surface area contributed by atoms with E-state index in [0.717, 1.165) is 25.0 Å². The minimum absolute atomic E-state index is 0.395. The first-order valence-electron chi connectivity index (χ1n) is 5.68. The SMILES string of the molecule is [C-]#[N+]C(O)C(F)(F)c1ccc(OCCCC)cc1. The summed E-state index contributed by atoms with van der Waals surface area (Å²) in [5.74, 6) is -3.07. The lowest BCUT2D eigenvalue weighted by Gasteiger charge is -2.14. The van der Waals surface area contributed by atoms with E-state index in [2.05, 4.69) is 4.85 Å². The lowest BCUT2D eigenvalue weighted by atomic mass is 10.1. The van der Waals surface area contributed by atoms with Crippen molar-refractivity contribution in [3.8, 4) is 5.75 Å². The maximum absolute atomic E-state index is 13.5. The Labute approximate surface area is 105 Å². The highest BCUT2D eigenvalue weighted by Gasteiger charge is 2.46. The zero-order valence-corrected chi connectivity index (χ0v) is 10.1. The molecule has 1 atom stereocenters. The first-order valence-corrected chi connectivity index (χ1v) is 5.68. The predicted molar refractivity (Wildman–Crippen MR) is 63.3 cm³/mol. The molecule has 1 aromatic rings. The van der Waals surface area contributed by atoms with Gasteiger partial charge in [-0.1, -0.05) is 13.3 Å². The largest absolute Gasteiger partial charge is 0.494 e. The van der Waals surface area contributed by atoms with Crippen LogP contribution in [0.15, 0.2) is 24.3 Å². The van der Waals surface area contributed by atoms with Crippen LogP contribution in [0.3, 0.4) is 0 Å². The summed E-state index contributed by atoms with van der Waals surface area (Å²) in [6.45, 7) is 9.00. The molecule has 3 nitrogen and oxygen atoms in total. The first-order chi connectivity index (χ1) is 8.52. The minimum Gasteiger partial charge on any atom is -0.494 e. The maximum Gasteiger partial charge on any atom is 0.393 e. The van der Waals surface area contributed by atoms with Crippen molar-refractivity contribution in [1.82, 2.24) is 0 Å². The minimum atomic E-state index is -3.57. The molecule has 0 spiro atoms. The van der Waals surface area contributed by atoms with Crippen molar-refractivity contribution in [2.24, 2.45) is 0 Å². The van der Waals surface area contributed by atoms with E-state index in [1.54, 1.807) is 0 Å². The molecule has 1 aromatic carbocycles. The van der Waals surface area contributed by atoms with E-state index in [1.807, 2.05) is 6.92 Å². The third kappa shape index (κ3) is 3.41. The molecule has 1 unspecified atom stereocenters. The number of aliphatic hydroxyl groups is 1. The smallest absolute Gasteiger partial charge is 0.393 e. The quantitative estimate of drug-likeness (QED) is 0.625. The van der Waals surface area contributed by atoms with Gasteiger partial charge in [-0.15, -0.1) is 0 Å². The summed E-state index contributed by atoms with van der Waals surface area (Å²) in [5.41, 5.74) is -0.395. The highest BCUT2D eigenvalue weighted by atomic mass is 19.3. The Hall–Kier alpha value is -1.67. The molecule has 5 heteroatoms. The van der Waals surface area contributed by atoms with Crippen molar-refractivity contribution in [1.29, 1.82) is 0 Å². The van der Waals surface area contributed by atoms with Crippen molar-refractivity contribution in [2.75, 3.05) is 6.61 Å². The highest BCUT2D eigenvalue weighted by Crippen LogP contribution is 2.33. The van der Waals surface area contributed by atoms with Gasteiger partial charge >= 0.3 is 12.2 Å². The van der Waals surface area contributed by atoms with Crippen LogP contribution in [-0.4, -0.2) is 17.9 Å². The topological polar surface area (TPSA) is 33.8 Å². The molecule has 1 rings (SSSR count). The number of hydrogen-bond acceptors (Lipinski definition) is 2. The zero-order chi connectivity index (χ0) is 13.6. The third-order valence-corrected chi connectivity index (χ3v) is 2.45. The fourth-order valence-corrected chi connectivity index (χ4v) is 1.34.